The number of sulfonamides is 1. The van der Waals surface area contributed by atoms with Crippen LogP contribution in [-0.4, -0.2) is 67.7 Å². The minimum atomic E-state index is -4.02. The molecule has 0 saturated carbocycles. The third-order valence-electron chi connectivity index (χ3n) is 6.47. The van der Waals surface area contributed by atoms with Crippen molar-refractivity contribution < 1.29 is 17.6 Å². The summed E-state index contributed by atoms with van der Waals surface area (Å²) in [6, 6.07) is 22.6. The minimum absolute atomic E-state index is 0.0808. The first kappa shape index (κ1) is 26.7. The van der Waals surface area contributed by atoms with E-state index in [-0.39, 0.29) is 29.5 Å². The third-order valence-corrected chi connectivity index (χ3v) is 8.28. The van der Waals surface area contributed by atoms with Crippen molar-refractivity contribution in [3.63, 3.8) is 0 Å². The number of carbonyl (C=O) groups excluding carboxylic acids is 1. The molecule has 0 atom stereocenters. The normalized spacial score (nSPS) is 14.9. The van der Waals surface area contributed by atoms with Crippen LogP contribution >= 0.6 is 0 Å². The van der Waals surface area contributed by atoms with Gasteiger partial charge in [-0.15, -0.1) is 0 Å². The summed E-state index contributed by atoms with van der Waals surface area (Å²) >= 11 is 0. The van der Waals surface area contributed by atoms with E-state index < -0.39 is 15.8 Å². The summed E-state index contributed by atoms with van der Waals surface area (Å²) in [6.45, 7) is 4.49. The maximum atomic E-state index is 14.4. The molecule has 0 N–H and O–H groups in total. The molecule has 0 unspecified atom stereocenters. The van der Waals surface area contributed by atoms with Crippen molar-refractivity contribution in [1.29, 1.82) is 0 Å². The first-order valence-electron chi connectivity index (χ1n) is 12.3. The zero-order valence-electron chi connectivity index (χ0n) is 21.0. The van der Waals surface area contributed by atoms with E-state index in [1.807, 2.05) is 37.3 Å². The van der Waals surface area contributed by atoms with Gasteiger partial charge in [0.05, 0.1) is 11.4 Å². The first-order valence-corrected chi connectivity index (χ1v) is 13.8. The zero-order chi connectivity index (χ0) is 26.3. The molecule has 1 aliphatic heterocycles. The molecule has 0 aliphatic carbocycles. The lowest BCUT2D eigenvalue weighted by Crippen LogP contribution is -2.51. The van der Waals surface area contributed by atoms with Crippen LogP contribution in [0.5, 0.6) is 0 Å². The Morgan fingerprint density at radius 3 is 2.24 bits per heavy atom. The van der Waals surface area contributed by atoms with Gasteiger partial charge in [-0.2, -0.15) is 4.31 Å². The molecule has 3 aromatic carbocycles. The largest absolute Gasteiger partial charge is 0.339 e. The van der Waals surface area contributed by atoms with Crippen LogP contribution in [0, 0.1) is 12.7 Å². The summed E-state index contributed by atoms with van der Waals surface area (Å²) in [6.07, 6.45) is 4.19. The standard InChI is InChI=1S/C29H32FN3O3S/c1-24-13-15-27(16-14-24)37(35,36)33(22-26-11-5-6-12-28(26)30)23-29(34)32-20-18-31(19-21-32)17-7-10-25-8-3-2-4-9-25/h2-16H,17-23H2,1H3/b10-7+. The van der Waals surface area contributed by atoms with Crippen LogP contribution < -0.4 is 0 Å². The summed E-state index contributed by atoms with van der Waals surface area (Å²) in [4.78, 5) is 17.2. The number of hydrogen-bond acceptors (Lipinski definition) is 4. The lowest BCUT2D eigenvalue weighted by Gasteiger charge is -2.35. The first-order chi connectivity index (χ1) is 17.8. The van der Waals surface area contributed by atoms with Crippen LogP contribution in [0.25, 0.3) is 6.08 Å². The van der Waals surface area contributed by atoms with E-state index in [1.54, 1.807) is 35.2 Å². The van der Waals surface area contributed by atoms with Crippen molar-refractivity contribution in [2.24, 2.45) is 0 Å². The van der Waals surface area contributed by atoms with E-state index in [9.17, 15) is 17.6 Å². The summed E-state index contributed by atoms with van der Waals surface area (Å²) in [5.41, 5.74) is 2.29. The van der Waals surface area contributed by atoms with Crippen molar-refractivity contribution in [1.82, 2.24) is 14.1 Å². The summed E-state index contributed by atoms with van der Waals surface area (Å²) in [5, 5.41) is 0. The Kier molecular flexibility index (Phi) is 8.87. The molecule has 0 bridgehead atoms. The van der Waals surface area contributed by atoms with Gasteiger partial charge in [0.1, 0.15) is 5.82 Å². The molecule has 1 aliphatic rings. The van der Waals surface area contributed by atoms with E-state index in [4.69, 9.17) is 0 Å². The highest BCUT2D eigenvalue weighted by Gasteiger charge is 2.30. The molecule has 8 heteroatoms. The molecule has 1 amide bonds. The van der Waals surface area contributed by atoms with E-state index >= 15 is 0 Å². The lowest BCUT2D eigenvalue weighted by atomic mass is 10.2. The number of halogens is 1. The van der Waals surface area contributed by atoms with Crippen LogP contribution in [0.2, 0.25) is 0 Å². The van der Waals surface area contributed by atoms with Crippen LogP contribution in [0.4, 0.5) is 4.39 Å². The third kappa shape index (κ3) is 7.13. The van der Waals surface area contributed by atoms with Crippen LogP contribution in [0.3, 0.4) is 0 Å². The predicted octanol–water partition coefficient (Wildman–Crippen LogP) is 4.18. The molecule has 0 aromatic heterocycles. The number of amides is 1. The van der Waals surface area contributed by atoms with Crippen molar-refractivity contribution in [2.45, 2.75) is 18.4 Å². The maximum absolute atomic E-state index is 14.4. The summed E-state index contributed by atoms with van der Waals surface area (Å²) in [5.74, 6) is -0.789. The van der Waals surface area contributed by atoms with Gasteiger partial charge in [-0.25, -0.2) is 12.8 Å². The highest BCUT2D eigenvalue weighted by atomic mass is 32.2. The van der Waals surface area contributed by atoms with Gasteiger partial charge in [-0.3, -0.25) is 9.69 Å². The van der Waals surface area contributed by atoms with Gasteiger partial charge in [0, 0.05) is 44.8 Å². The molecule has 0 radical (unpaired) electrons. The molecule has 194 valence electrons. The molecular weight excluding hydrogens is 489 g/mol. The van der Waals surface area contributed by atoms with E-state index in [0.29, 0.717) is 26.2 Å². The Balaban J connectivity index is 1.41. The SMILES string of the molecule is Cc1ccc(S(=O)(=O)N(CC(=O)N2CCN(C/C=C/c3ccccc3)CC2)Cc2ccccc2F)cc1. The van der Waals surface area contributed by atoms with Crippen LogP contribution in [0.15, 0.2) is 89.8 Å². The average molecular weight is 522 g/mol. The van der Waals surface area contributed by atoms with E-state index in [1.165, 1.54) is 18.2 Å². The quantitative estimate of drug-likeness (QED) is 0.424. The number of benzene rings is 3. The zero-order valence-corrected chi connectivity index (χ0v) is 21.8. The van der Waals surface area contributed by atoms with E-state index in [2.05, 4.69) is 17.1 Å². The van der Waals surface area contributed by atoms with Crippen LogP contribution in [0.1, 0.15) is 16.7 Å². The van der Waals surface area contributed by atoms with Crippen molar-refractivity contribution in [3.8, 4) is 0 Å². The topological polar surface area (TPSA) is 60.9 Å². The number of hydrogen-bond donors (Lipinski definition) is 0. The van der Waals surface area contributed by atoms with Gasteiger partial charge in [0.15, 0.2) is 0 Å². The van der Waals surface area contributed by atoms with Crippen molar-refractivity contribution in [2.75, 3.05) is 39.3 Å². The van der Waals surface area contributed by atoms with Gasteiger partial charge >= 0.3 is 0 Å². The molecule has 1 fully saturated rings. The molecular formula is C29H32FN3O3S. The minimum Gasteiger partial charge on any atom is -0.339 e. The number of nitrogens with zero attached hydrogens (tertiary/aromatic N) is 3. The van der Waals surface area contributed by atoms with Gasteiger partial charge < -0.3 is 4.90 Å². The Morgan fingerprint density at radius 1 is 0.919 bits per heavy atom. The van der Waals surface area contributed by atoms with Crippen LogP contribution in [-0.2, 0) is 21.4 Å². The fourth-order valence-electron chi connectivity index (χ4n) is 4.23. The Labute approximate surface area is 218 Å². The molecule has 37 heavy (non-hydrogen) atoms. The van der Waals surface area contributed by atoms with Crippen molar-refractivity contribution in [3.05, 3.63) is 107 Å². The molecule has 1 saturated heterocycles. The highest BCUT2D eigenvalue weighted by Crippen LogP contribution is 2.21. The lowest BCUT2D eigenvalue weighted by molar-refractivity contribution is -0.133. The van der Waals surface area contributed by atoms with Gasteiger partial charge in [0.25, 0.3) is 0 Å². The van der Waals surface area contributed by atoms with Gasteiger partial charge in [0.2, 0.25) is 15.9 Å². The van der Waals surface area contributed by atoms with Gasteiger partial charge in [-0.05, 0) is 30.7 Å². The smallest absolute Gasteiger partial charge is 0.243 e. The summed E-state index contributed by atoms with van der Waals surface area (Å²) in [7, 11) is -4.02. The van der Waals surface area contributed by atoms with Crippen molar-refractivity contribution >= 4 is 22.0 Å². The highest BCUT2D eigenvalue weighted by molar-refractivity contribution is 7.89. The molecule has 6 nitrogen and oxygen atoms in total. The average Bonchev–Trinajstić information content (AvgIpc) is 2.90. The molecule has 1 heterocycles. The second-order valence-corrected chi connectivity index (χ2v) is 11.1. The summed E-state index contributed by atoms with van der Waals surface area (Å²) < 4.78 is 42.5. The van der Waals surface area contributed by atoms with Gasteiger partial charge in [-0.1, -0.05) is 78.4 Å². The number of carbonyl (C=O) groups is 1. The Hall–Kier alpha value is -3.33. The number of aryl methyl sites for hydroxylation is 1. The maximum Gasteiger partial charge on any atom is 0.243 e. The Bertz CT molecular complexity index is 1320. The second kappa shape index (κ2) is 12.3. The second-order valence-electron chi connectivity index (χ2n) is 9.17. The number of rotatable bonds is 9. The predicted molar refractivity (Wildman–Crippen MR) is 144 cm³/mol. The fourth-order valence-corrected chi connectivity index (χ4v) is 5.60. The molecule has 0 spiro atoms. The van der Waals surface area contributed by atoms with E-state index in [0.717, 1.165) is 22.0 Å². The molecule has 3 aromatic rings. The fraction of sp³-hybridized carbons (Fsp3) is 0.276. The monoisotopic (exact) mass is 521 g/mol. The number of piperazine rings is 1. The Morgan fingerprint density at radius 2 is 1.57 bits per heavy atom. The molecule has 4 rings (SSSR count).